The van der Waals surface area contributed by atoms with Gasteiger partial charge >= 0.3 is 0 Å². The van der Waals surface area contributed by atoms with Crippen molar-refractivity contribution in [2.45, 2.75) is 0 Å². The molecule has 2 aromatic carbocycles. The summed E-state index contributed by atoms with van der Waals surface area (Å²) in [5.41, 5.74) is 2.51. The summed E-state index contributed by atoms with van der Waals surface area (Å²) >= 11 is 12.0. The second-order valence-electron chi connectivity index (χ2n) is 3.26. The second kappa shape index (κ2) is 4.29. The van der Waals surface area contributed by atoms with Crippen molar-refractivity contribution in [3.8, 4) is 0 Å². The van der Waals surface area contributed by atoms with E-state index in [-0.39, 0.29) is 5.91 Å². The van der Waals surface area contributed by atoms with Gasteiger partial charge in [-0.05, 0) is 24.3 Å². The number of nitrogens with one attached hydrogen (secondary N) is 1. The molecule has 0 heterocycles. The van der Waals surface area contributed by atoms with Crippen LogP contribution in [0.5, 0.6) is 0 Å². The average molecular weight is 255 g/mol. The smallest absolute Gasteiger partial charge is 0.265 e. The summed E-state index contributed by atoms with van der Waals surface area (Å²) in [5, 5.41) is 2.68. The van der Waals surface area contributed by atoms with Gasteiger partial charge in [-0.3, -0.25) is 10.2 Å². The Labute approximate surface area is 102 Å². The summed E-state index contributed by atoms with van der Waals surface area (Å²) in [7, 11) is 0. The van der Waals surface area contributed by atoms with Crippen LogP contribution in [0.15, 0.2) is 30.3 Å². The molecule has 5 heteroatoms. The van der Waals surface area contributed by atoms with E-state index < -0.39 is 0 Å². The summed E-state index contributed by atoms with van der Waals surface area (Å²) in [6.45, 7) is 0. The molecule has 0 saturated heterocycles. The third-order valence-electron chi connectivity index (χ3n) is 2.30. The van der Waals surface area contributed by atoms with E-state index in [0.29, 0.717) is 15.6 Å². The molecule has 0 atom stereocenters. The van der Waals surface area contributed by atoms with Gasteiger partial charge in [-0.2, -0.15) is 0 Å². The highest BCUT2D eigenvalue weighted by Crippen LogP contribution is 2.30. The van der Waals surface area contributed by atoms with Crippen molar-refractivity contribution in [1.82, 2.24) is 5.43 Å². The number of amides is 1. The van der Waals surface area contributed by atoms with Crippen LogP contribution < -0.4 is 11.3 Å². The fourth-order valence-electron chi connectivity index (χ4n) is 1.50. The van der Waals surface area contributed by atoms with Crippen LogP contribution in [-0.4, -0.2) is 5.91 Å². The van der Waals surface area contributed by atoms with Crippen LogP contribution in [0.2, 0.25) is 10.0 Å². The molecule has 16 heavy (non-hydrogen) atoms. The molecule has 3 N–H and O–H groups in total. The van der Waals surface area contributed by atoms with Crippen LogP contribution >= 0.6 is 23.2 Å². The maximum atomic E-state index is 11.3. The SMILES string of the molecule is NNC(=O)c1ccc2c(Cl)ccc(Cl)c2c1. The number of hydrogen-bond donors (Lipinski definition) is 2. The number of halogens is 2. The highest BCUT2D eigenvalue weighted by molar-refractivity contribution is 6.40. The molecule has 0 bridgehead atoms. The minimum Gasteiger partial charge on any atom is -0.290 e. The first-order valence-corrected chi connectivity index (χ1v) is 5.28. The molecule has 1 amide bonds. The number of carbonyl (C=O) groups is 1. The zero-order valence-corrected chi connectivity index (χ0v) is 9.64. The van der Waals surface area contributed by atoms with Gasteiger partial charge < -0.3 is 0 Å². The fourth-order valence-corrected chi connectivity index (χ4v) is 1.95. The Balaban J connectivity index is 2.70. The summed E-state index contributed by atoms with van der Waals surface area (Å²) in [5.74, 6) is 4.69. The molecule has 0 aliphatic rings. The zero-order valence-electron chi connectivity index (χ0n) is 8.13. The van der Waals surface area contributed by atoms with E-state index in [1.165, 1.54) is 0 Å². The van der Waals surface area contributed by atoms with Crippen LogP contribution in [0, 0.1) is 0 Å². The molecular weight excluding hydrogens is 247 g/mol. The summed E-state index contributed by atoms with van der Waals surface area (Å²) < 4.78 is 0. The normalized spacial score (nSPS) is 10.4. The van der Waals surface area contributed by atoms with Crippen LogP contribution in [0.4, 0.5) is 0 Å². The molecule has 0 spiro atoms. The Morgan fingerprint density at radius 1 is 1.06 bits per heavy atom. The van der Waals surface area contributed by atoms with Crippen LogP contribution in [0.25, 0.3) is 10.8 Å². The van der Waals surface area contributed by atoms with Crippen molar-refractivity contribution >= 4 is 39.9 Å². The summed E-state index contributed by atoms with van der Waals surface area (Å²) in [4.78, 5) is 11.3. The van der Waals surface area contributed by atoms with E-state index in [1.54, 1.807) is 30.3 Å². The monoisotopic (exact) mass is 254 g/mol. The number of nitrogen functional groups attached to an aromatic ring is 1. The standard InChI is InChI=1S/C11H8Cl2N2O/c12-9-3-4-10(13)8-5-6(11(16)15-14)1-2-7(8)9/h1-5H,14H2,(H,15,16). The summed E-state index contributed by atoms with van der Waals surface area (Å²) in [6.07, 6.45) is 0. The van der Waals surface area contributed by atoms with Gasteiger partial charge in [0, 0.05) is 26.4 Å². The van der Waals surface area contributed by atoms with Crippen molar-refractivity contribution in [3.05, 3.63) is 45.9 Å². The predicted molar refractivity (Wildman–Crippen MR) is 65.6 cm³/mol. The zero-order chi connectivity index (χ0) is 11.7. The molecule has 3 nitrogen and oxygen atoms in total. The number of nitrogens with two attached hydrogens (primary N) is 1. The van der Waals surface area contributed by atoms with E-state index in [0.717, 1.165) is 10.8 Å². The molecule has 2 aromatic rings. The Morgan fingerprint density at radius 2 is 1.69 bits per heavy atom. The van der Waals surface area contributed by atoms with E-state index in [9.17, 15) is 4.79 Å². The lowest BCUT2D eigenvalue weighted by Crippen LogP contribution is -2.29. The topological polar surface area (TPSA) is 55.1 Å². The van der Waals surface area contributed by atoms with Crippen molar-refractivity contribution in [3.63, 3.8) is 0 Å². The second-order valence-corrected chi connectivity index (χ2v) is 4.08. The first-order valence-electron chi connectivity index (χ1n) is 4.52. The van der Waals surface area contributed by atoms with Crippen molar-refractivity contribution in [2.24, 2.45) is 5.84 Å². The lowest BCUT2D eigenvalue weighted by Gasteiger charge is -2.05. The van der Waals surface area contributed by atoms with Crippen molar-refractivity contribution in [1.29, 1.82) is 0 Å². The van der Waals surface area contributed by atoms with Gasteiger partial charge in [0.1, 0.15) is 0 Å². The number of rotatable bonds is 1. The number of fused-ring (bicyclic) bond motifs is 1. The maximum absolute atomic E-state index is 11.3. The van der Waals surface area contributed by atoms with Crippen LogP contribution in [-0.2, 0) is 0 Å². The lowest BCUT2D eigenvalue weighted by molar-refractivity contribution is 0.0954. The van der Waals surface area contributed by atoms with Gasteiger partial charge in [0.2, 0.25) is 0 Å². The Morgan fingerprint density at radius 3 is 2.31 bits per heavy atom. The van der Waals surface area contributed by atoms with Gasteiger partial charge in [0.15, 0.2) is 0 Å². The molecule has 0 saturated carbocycles. The highest BCUT2D eigenvalue weighted by Gasteiger charge is 2.08. The lowest BCUT2D eigenvalue weighted by atomic mass is 10.1. The molecular formula is C11H8Cl2N2O. The minimum absolute atomic E-state index is 0.363. The van der Waals surface area contributed by atoms with E-state index in [2.05, 4.69) is 5.43 Å². The first-order chi connectivity index (χ1) is 7.63. The first kappa shape index (κ1) is 11.2. The van der Waals surface area contributed by atoms with E-state index in [1.807, 2.05) is 0 Å². The predicted octanol–water partition coefficient (Wildman–Crippen LogP) is 2.75. The number of hydrogen-bond acceptors (Lipinski definition) is 2. The highest BCUT2D eigenvalue weighted by atomic mass is 35.5. The molecule has 0 aliphatic heterocycles. The Kier molecular flexibility index (Phi) is 3.01. The summed E-state index contributed by atoms with van der Waals surface area (Å²) in [6, 6.07) is 8.46. The van der Waals surface area contributed by atoms with Crippen LogP contribution in [0.3, 0.4) is 0 Å². The molecule has 0 unspecified atom stereocenters. The Bertz CT molecular complexity index is 569. The van der Waals surface area contributed by atoms with Gasteiger partial charge in [0.25, 0.3) is 5.91 Å². The number of hydrazine groups is 1. The molecule has 82 valence electrons. The third-order valence-corrected chi connectivity index (χ3v) is 2.96. The van der Waals surface area contributed by atoms with Gasteiger partial charge in [-0.15, -0.1) is 0 Å². The quantitative estimate of drug-likeness (QED) is 0.467. The van der Waals surface area contributed by atoms with Gasteiger partial charge in [-0.1, -0.05) is 29.3 Å². The van der Waals surface area contributed by atoms with Gasteiger partial charge in [0.05, 0.1) is 0 Å². The fraction of sp³-hybridized carbons (Fsp3) is 0. The molecule has 0 aliphatic carbocycles. The molecule has 2 rings (SSSR count). The molecule has 0 fully saturated rings. The van der Waals surface area contributed by atoms with E-state index >= 15 is 0 Å². The third kappa shape index (κ3) is 1.85. The maximum Gasteiger partial charge on any atom is 0.265 e. The number of carbonyl (C=O) groups excluding carboxylic acids is 1. The van der Waals surface area contributed by atoms with Gasteiger partial charge in [-0.25, -0.2) is 5.84 Å². The van der Waals surface area contributed by atoms with Crippen LogP contribution in [0.1, 0.15) is 10.4 Å². The Hall–Kier alpha value is -1.29. The molecule has 0 aromatic heterocycles. The van der Waals surface area contributed by atoms with Crippen molar-refractivity contribution < 1.29 is 4.79 Å². The largest absolute Gasteiger partial charge is 0.290 e. The van der Waals surface area contributed by atoms with E-state index in [4.69, 9.17) is 29.0 Å². The average Bonchev–Trinajstić information content (AvgIpc) is 2.32. The number of benzene rings is 2. The molecule has 0 radical (unpaired) electrons. The van der Waals surface area contributed by atoms with Crippen molar-refractivity contribution in [2.75, 3.05) is 0 Å². The minimum atomic E-state index is -0.363.